The van der Waals surface area contributed by atoms with Crippen LogP contribution in [0.5, 0.6) is 0 Å². The smallest absolute Gasteiger partial charge is 0.358 e. The minimum Gasteiger partial charge on any atom is -0.476 e. The molecule has 0 aliphatic carbocycles. The van der Waals surface area contributed by atoms with Gasteiger partial charge in [0, 0.05) is 5.39 Å². The summed E-state index contributed by atoms with van der Waals surface area (Å²) in [5, 5.41) is 20.6. The fourth-order valence-corrected chi connectivity index (χ4v) is 1.79. The molecule has 1 unspecified atom stereocenters. The first-order valence-corrected chi connectivity index (χ1v) is 5.88. The van der Waals surface area contributed by atoms with E-state index in [1.165, 1.54) is 0 Å². The minimum atomic E-state index is -1.13. The van der Waals surface area contributed by atoms with Crippen LogP contribution in [0.2, 0.25) is 0 Å². The molecule has 5 nitrogen and oxygen atoms in total. The summed E-state index contributed by atoms with van der Waals surface area (Å²) in [7, 11) is 0. The van der Waals surface area contributed by atoms with Crippen molar-refractivity contribution in [2.45, 2.75) is 19.4 Å². The Morgan fingerprint density at radius 2 is 2.21 bits per heavy atom. The fraction of sp³-hybridized carbons (Fsp3) is 0.214. The predicted octanol–water partition coefficient (Wildman–Crippen LogP) is 2.15. The van der Waals surface area contributed by atoms with Gasteiger partial charge in [0.25, 0.3) is 0 Å². The summed E-state index contributed by atoms with van der Waals surface area (Å²) in [6.07, 6.45) is 6.09. The van der Waals surface area contributed by atoms with E-state index >= 15 is 0 Å². The van der Waals surface area contributed by atoms with Gasteiger partial charge >= 0.3 is 5.97 Å². The topological polar surface area (TPSA) is 75.1 Å². The SMILES string of the molecule is C#CC(CC)Nc1c(C(=O)O)nnc2ccccc12. The lowest BCUT2D eigenvalue weighted by Crippen LogP contribution is -2.19. The Morgan fingerprint density at radius 1 is 1.47 bits per heavy atom. The molecular weight excluding hydrogens is 242 g/mol. The maximum Gasteiger partial charge on any atom is 0.358 e. The molecule has 1 aromatic carbocycles. The zero-order valence-corrected chi connectivity index (χ0v) is 10.4. The van der Waals surface area contributed by atoms with Gasteiger partial charge in [-0.1, -0.05) is 31.0 Å². The van der Waals surface area contributed by atoms with Crippen molar-refractivity contribution in [2.24, 2.45) is 0 Å². The Morgan fingerprint density at radius 3 is 2.84 bits per heavy atom. The van der Waals surface area contributed by atoms with Gasteiger partial charge in [0.2, 0.25) is 0 Å². The first-order valence-electron chi connectivity index (χ1n) is 5.88. The van der Waals surface area contributed by atoms with Gasteiger partial charge in [-0.25, -0.2) is 4.79 Å². The van der Waals surface area contributed by atoms with E-state index in [1.54, 1.807) is 12.1 Å². The van der Waals surface area contributed by atoms with Crippen LogP contribution in [-0.2, 0) is 0 Å². The van der Waals surface area contributed by atoms with Gasteiger partial charge in [-0.2, -0.15) is 0 Å². The van der Waals surface area contributed by atoms with Crippen molar-refractivity contribution in [2.75, 3.05) is 5.32 Å². The molecule has 1 heterocycles. The van der Waals surface area contributed by atoms with Gasteiger partial charge in [-0.05, 0) is 12.5 Å². The van der Waals surface area contributed by atoms with Crippen molar-refractivity contribution in [3.8, 4) is 12.3 Å². The van der Waals surface area contributed by atoms with Gasteiger partial charge in [0.15, 0.2) is 5.69 Å². The van der Waals surface area contributed by atoms with E-state index in [1.807, 2.05) is 19.1 Å². The highest BCUT2D eigenvalue weighted by atomic mass is 16.4. The largest absolute Gasteiger partial charge is 0.476 e. The summed E-state index contributed by atoms with van der Waals surface area (Å²) in [6.45, 7) is 1.93. The Balaban J connectivity index is 2.62. The zero-order chi connectivity index (χ0) is 13.8. The molecule has 1 atom stereocenters. The van der Waals surface area contributed by atoms with Crippen LogP contribution in [0.3, 0.4) is 0 Å². The molecule has 0 spiro atoms. The molecule has 96 valence electrons. The number of anilines is 1. The summed E-state index contributed by atoms with van der Waals surface area (Å²) in [4.78, 5) is 11.2. The van der Waals surface area contributed by atoms with Crippen molar-refractivity contribution in [1.82, 2.24) is 10.2 Å². The summed E-state index contributed by atoms with van der Waals surface area (Å²) in [5.74, 6) is 1.45. The average Bonchev–Trinajstić information content (AvgIpc) is 2.44. The first-order chi connectivity index (χ1) is 9.17. The van der Waals surface area contributed by atoms with Crippen LogP contribution in [0.15, 0.2) is 24.3 Å². The van der Waals surface area contributed by atoms with Crippen molar-refractivity contribution < 1.29 is 9.90 Å². The number of fused-ring (bicyclic) bond motifs is 1. The minimum absolute atomic E-state index is 0.118. The zero-order valence-electron chi connectivity index (χ0n) is 10.4. The van der Waals surface area contributed by atoms with Crippen molar-refractivity contribution in [3.63, 3.8) is 0 Å². The summed E-state index contributed by atoms with van der Waals surface area (Å²) < 4.78 is 0. The quantitative estimate of drug-likeness (QED) is 0.819. The van der Waals surface area contributed by atoms with Crippen LogP contribution in [0, 0.1) is 12.3 Å². The van der Waals surface area contributed by atoms with E-state index in [0.717, 1.165) is 0 Å². The number of hydrogen-bond acceptors (Lipinski definition) is 4. The molecule has 0 fully saturated rings. The molecule has 2 aromatic rings. The molecule has 2 N–H and O–H groups in total. The number of carboxylic acids is 1. The number of carbonyl (C=O) groups is 1. The molecule has 0 amide bonds. The van der Waals surface area contributed by atoms with Gasteiger partial charge in [0.1, 0.15) is 0 Å². The third-order valence-corrected chi connectivity index (χ3v) is 2.80. The maximum absolute atomic E-state index is 11.2. The van der Waals surface area contributed by atoms with Gasteiger partial charge < -0.3 is 10.4 Å². The first kappa shape index (κ1) is 12.8. The second-order valence-corrected chi connectivity index (χ2v) is 4.02. The Labute approximate surface area is 110 Å². The highest BCUT2D eigenvalue weighted by molar-refractivity contribution is 6.02. The third kappa shape index (κ3) is 2.47. The number of rotatable bonds is 4. The second-order valence-electron chi connectivity index (χ2n) is 4.02. The van der Waals surface area contributed by atoms with Crippen molar-refractivity contribution >= 4 is 22.6 Å². The second kappa shape index (κ2) is 5.36. The average molecular weight is 255 g/mol. The number of terminal acetylenes is 1. The van der Waals surface area contributed by atoms with Crippen molar-refractivity contribution in [3.05, 3.63) is 30.0 Å². The van der Waals surface area contributed by atoms with E-state index in [0.29, 0.717) is 23.0 Å². The lowest BCUT2D eigenvalue weighted by molar-refractivity contribution is 0.0690. The number of nitrogens with zero attached hydrogens (tertiary/aromatic N) is 2. The van der Waals surface area contributed by atoms with E-state index in [-0.39, 0.29) is 11.7 Å². The molecule has 1 aromatic heterocycles. The molecule has 0 bridgehead atoms. The van der Waals surface area contributed by atoms with Crippen LogP contribution in [-0.4, -0.2) is 27.3 Å². The number of benzene rings is 1. The van der Waals surface area contributed by atoms with Crippen molar-refractivity contribution in [1.29, 1.82) is 0 Å². The number of carboxylic acid groups (broad SMARTS) is 1. The number of hydrogen-bond donors (Lipinski definition) is 2. The van der Waals surface area contributed by atoms with E-state index < -0.39 is 5.97 Å². The lowest BCUT2D eigenvalue weighted by atomic mass is 10.1. The fourth-order valence-electron chi connectivity index (χ4n) is 1.79. The molecule has 0 saturated carbocycles. The molecule has 19 heavy (non-hydrogen) atoms. The monoisotopic (exact) mass is 255 g/mol. The molecule has 2 rings (SSSR count). The summed E-state index contributed by atoms with van der Waals surface area (Å²) >= 11 is 0. The number of aromatic carboxylic acids is 1. The molecule has 5 heteroatoms. The van der Waals surface area contributed by atoms with E-state index in [4.69, 9.17) is 6.42 Å². The Hall–Kier alpha value is -2.61. The maximum atomic E-state index is 11.2. The lowest BCUT2D eigenvalue weighted by Gasteiger charge is -2.15. The van der Waals surface area contributed by atoms with Crippen LogP contribution in [0.4, 0.5) is 5.69 Å². The highest BCUT2D eigenvalue weighted by Crippen LogP contribution is 2.25. The highest BCUT2D eigenvalue weighted by Gasteiger charge is 2.18. The standard InChI is InChI=1S/C14H13N3O2/c1-3-9(4-2)15-12-10-7-5-6-8-11(10)16-17-13(12)14(18)19/h1,5-9H,4H2,2H3,(H,15,16)(H,18,19). The Kier molecular flexibility index (Phi) is 3.62. The van der Waals surface area contributed by atoms with E-state index in [2.05, 4.69) is 21.4 Å². The van der Waals surface area contributed by atoms with Gasteiger partial charge in [0.05, 0.1) is 17.2 Å². The van der Waals surface area contributed by atoms with Gasteiger partial charge in [-0.3, -0.25) is 0 Å². The molecule has 0 aliphatic heterocycles. The van der Waals surface area contributed by atoms with Crippen LogP contribution in [0.25, 0.3) is 10.9 Å². The van der Waals surface area contributed by atoms with Gasteiger partial charge in [-0.15, -0.1) is 16.6 Å². The van der Waals surface area contributed by atoms with E-state index in [9.17, 15) is 9.90 Å². The van der Waals surface area contributed by atoms with Crippen LogP contribution < -0.4 is 5.32 Å². The summed E-state index contributed by atoms with van der Waals surface area (Å²) in [5.41, 5.74) is 0.928. The Bertz CT molecular complexity index is 661. The van der Waals surface area contributed by atoms with Crippen LogP contribution >= 0.6 is 0 Å². The number of aromatic nitrogens is 2. The molecule has 0 radical (unpaired) electrons. The molecular formula is C14H13N3O2. The van der Waals surface area contributed by atoms with Crippen LogP contribution in [0.1, 0.15) is 23.8 Å². The molecule has 0 aliphatic rings. The normalized spacial score (nSPS) is 11.8. The summed E-state index contributed by atoms with van der Waals surface area (Å²) in [6, 6.07) is 6.96. The third-order valence-electron chi connectivity index (χ3n) is 2.80. The predicted molar refractivity (Wildman–Crippen MR) is 73.0 cm³/mol. The number of nitrogens with one attached hydrogen (secondary N) is 1. The molecule has 0 saturated heterocycles.